The van der Waals surface area contributed by atoms with E-state index in [4.69, 9.17) is 0 Å². The maximum absolute atomic E-state index is 12.2. The number of pyridine rings is 1. The maximum Gasteiger partial charge on any atom is 0.390 e. The van der Waals surface area contributed by atoms with Gasteiger partial charge in [-0.05, 0) is 32.0 Å². The van der Waals surface area contributed by atoms with Gasteiger partial charge in [-0.25, -0.2) is 0 Å². The SMILES string of the molecule is CN(CCC(F)(F)F)Cc1cccc(CNC2CC2)n1. The fourth-order valence-corrected chi connectivity index (χ4v) is 1.93. The zero-order valence-electron chi connectivity index (χ0n) is 11.6. The third kappa shape index (κ3) is 5.88. The summed E-state index contributed by atoms with van der Waals surface area (Å²) in [4.78, 5) is 6.12. The number of hydrogen-bond acceptors (Lipinski definition) is 3. The second-order valence-corrected chi connectivity index (χ2v) is 5.38. The summed E-state index contributed by atoms with van der Waals surface area (Å²) in [5.41, 5.74) is 1.75. The minimum atomic E-state index is -4.10. The molecule has 0 amide bonds. The largest absolute Gasteiger partial charge is 0.390 e. The number of aromatic nitrogens is 1. The van der Waals surface area contributed by atoms with Gasteiger partial charge in [-0.2, -0.15) is 13.2 Å². The second-order valence-electron chi connectivity index (χ2n) is 5.38. The zero-order chi connectivity index (χ0) is 14.6. The third-order valence-corrected chi connectivity index (χ3v) is 3.22. The summed E-state index contributed by atoms with van der Waals surface area (Å²) in [6, 6.07) is 6.32. The minimum Gasteiger partial charge on any atom is -0.308 e. The Morgan fingerprint density at radius 2 is 2.00 bits per heavy atom. The lowest BCUT2D eigenvalue weighted by molar-refractivity contribution is -0.137. The molecule has 1 aliphatic rings. The van der Waals surface area contributed by atoms with Crippen LogP contribution in [-0.2, 0) is 13.1 Å². The summed E-state index contributed by atoms with van der Waals surface area (Å²) < 4.78 is 36.5. The summed E-state index contributed by atoms with van der Waals surface area (Å²) >= 11 is 0. The first-order chi connectivity index (χ1) is 9.42. The Bertz CT molecular complexity index is 430. The van der Waals surface area contributed by atoms with E-state index in [0.717, 1.165) is 17.9 Å². The molecule has 1 aromatic rings. The van der Waals surface area contributed by atoms with Gasteiger partial charge >= 0.3 is 6.18 Å². The Kier molecular flexibility index (Phi) is 4.99. The number of hydrogen-bond donors (Lipinski definition) is 1. The predicted molar refractivity (Wildman–Crippen MR) is 71.1 cm³/mol. The lowest BCUT2D eigenvalue weighted by atomic mass is 10.2. The minimum absolute atomic E-state index is 0.00423. The molecular weight excluding hydrogens is 267 g/mol. The molecule has 1 aliphatic carbocycles. The molecule has 2 rings (SSSR count). The highest BCUT2D eigenvalue weighted by atomic mass is 19.4. The van der Waals surface area contributed by atoms with Crippen LogP contribution in [0.1, 0.15) is 30.7 Å². The van der Waals surface area contributed by atoms with E-state index < -0.39 is 12.6 Å². The number of halogens is 3. The fraction of sp³-hybridized carbons (Fsp3) is 0.643. The molecule has 0 atom stereocenters. The monoisotopic (exact) mass is 287 g/mol. The van der Waals surface area contributed by atoms with E-state index in [-0.39, 0.29) is 6.54 Å². The van der Waals surface area contributed by atoms with Crippen LogP contribution in [0.5, 0.6) is 0 Å². The van der Waals surface area contributed by atoms with E-state index in [1.54, 1.807) is 11.9 Å². The van der Waals surface area contributed by atoms with Crippen LogP contribution in [0.25, 0.3) is 0 Å². The average Bonchev–Trinajstić information content (AvgIpc) is 3.18. The molecule has 0 spiro atoms. The van der Waals surface area contributed by atoms with Gasteiger partial charge in [0.1, 0.15) is 0 Å². The molecule has 1 aromatic heterocycles. The van der Waals surface area contributed by atoms with Crippen molar-refractivity contribution in [2.75, 3.05) is 13.6 Å². The standard InChI is InChI=1S/C14H20F3N3/c1-20(8-7-14(15,16)17)10-13-4-2-3-12(19-13)9-18-11-5-6-11/h2-4,11,18H,5-10H2,1H3. The average molecular weight is 287 g/mol. The van der Waals surface area contributed by atoms with Crippen molar-refractivity contribution in [1.82, 2.24) is 15.2 Å². The Morgan fingerprint density at radius 1 is 1.30 bits per heavy atom. The highest BCUT2D eigenvalue weighted by Gasteiger charge is 2.27. The highest BCUT2D eigenvalue weighted by molar-refractivity contribution is 5.11. The van der Waals surface area contributed by atoms with Crippen molar-refractivity contribution in [3.63, 3.8) is 0 Å². The van der Waals surface area contributed by atoms with E-state index in [1.807, 2.05) is 18.2 Å². The number of nitrogens with zero attached hydrogens (tertiary/aromatic N) is 2. The number of rotatable bonds is 7. The number of alkyl halides is 3. The molecule has 112 valence electrons. The van der Waals surface area contributed by atoms with Crippen molar-refractivity contribution >= 4 is 0 Å². The molecular formula is C14H20F3N3. The normalized spacial score (nSPS) is 15.8. The molecule has 20 heavy (non-hydrogen) atoms. The van der Waals surface area contributed by atoms with Gasteiger partial charge in [0, 0.05) is 25.7 Å². The van der Waals surface area contributed by atoms with Gasteiger partial charge in [-0.1, -0.05) is 6.07 Å². The second kappa shape index (κ2) is 6.54. The molecule has 3 nitrogen and oxygen atoms in total. The first-order valence-electron chi connectivity index (χ1n) is 6.86. The quantitative estimate of drug-likeness (QED) is 0.836. The summed E-state index contributed by atoms with van der Waals surface area (Å²) in [5.74, 6) is 0. The summed E-state index contributed by atoms with van der Waals surface area (Å²) in [7, 11) is 1.68. The van der Waals surface area contributed by atoms with Crippen LogP contribution in [0.4, 0.5) is 13.2 Å². The summed E-state index contributed by atoms with van der Waals surface area (Å²) in [6.45, 7) is 1.16. The molecule has 6 heteroatoms. The lowest BCUT2D eigenvalue weighted by Gasteiger charge is -2.17. The zero-order valence-corrected chi connectivity index (χ0v) is 11.6. The molecule has 1 saturated carbocycles. The number of nitrogens with one attached hydrogen (secondary N) is 1. The topological polar surface area (TPSA) is 28.2 Å². The smallest absolute Gasteiger partial charge is 0.308 e. The van der Waals surface area contributed by atoms with Gasteiger partial charge in [0.2, 0.25) is 0 Å². The van der Waals surface area contributed by atoms with Crippen molar-refractivity contribution in [1.29, 1.82) is 0 Å². The van der Waals surface area contributed by atoms with E-state index in [9.17, 15) is 13.2 Å². The lowest BCUT2D eigenvalue weighted by Crippen LogP contribution is -2.25. The molecule has 0 bridgehead atoms. The molecule has 1 heterocycles. The van der Waals surface area contributed by atoms with Crippen LogP contribution < -0.4 is 5.32 Å². The van der Waals surface area contributed by atoms with E-state index in [0.29, 0.717) is 12.6 Å². The van der Waals surface area contributed by atoms with Gasteiger partial charge < -0.3 is 10.2 Å². The van der Waals surface area contributed by atoms with Gasteiger partial charge in [0.05, 0.1) is 17.8 Å². The van der Waals surface area contributed by atoms with Crippen molar-refractivity contribution < 1.29 is 13.2 Å². The Balaban J connectivity index is 1.80. The van der Waals surface area contributed by atoms with E-state index >= 15 is 0 Å². The first kappa shape index (κ1) is 15.3. The van der Waals surface area contributed by atoms with E-state index in [2.05, 4.69) is 10.3 Å². The summed E-state index contributed by atoms with van der Waals surface area (Å²) in [5, 5.41) is 3.37. The van der Waals surface area contributed by atoms with Gasteiger partial charge in [-0.15, -0.1) is 0 Å². The molecule has 1 fully saturated rings. The van der Waals surface area contributed by atoms with Crippen LogP contribution in [-0.4, -0.2) is 35.7 Å². The Labute approximate surface area is 117 Å². The van der Waals surface area contributed by atoms with Gasteiger partial charge in [0.25, 0.3) is 0 Å². The van der Waals surface area contributed by atoms with Crippen molar-refractivity contribution in [3.8, 4) is 0 Å². The molecule has 1 N–H and O–H groups in total. The first-order valence-corrected chi connectivity index (χ1v) is 6.86. The van der Waals surface area contributed by atoms with Gasteiger partial charge in [-0.3, -0.25) is 4.98 Å². The maximum atomic E-state index is 12.2. The Morgan fingerprint density at radius 3 is 2.65 bits per heavy atom. The molecule has 0 saturated heterocycles. The van der Waals surface area contributed by atoms with Crippen LogP contribution >= 0.6 is 0 Å². The molecule has 0 aromatic carbocycles. The molecule has 0 unspecified atom stereocenters. The van der Waals surface area contributed by atoms with Gasteiger partial charge in [0.15, 0.2) is 0 Å². The molecule has 0 radical (unpaired) electrons. The van der Waals surface area contributed by atoms with Crippen molar-refractivity contribution in [2.45, 2.75) is 44.6 Å². The third-order valence-electron chi connectivity index (χ3n) is 3.22. The molecule has 0 aliphatic heterocycles. The summed E-state index contributed by atoms with van der Waals surface area (Å²) in [6.07, 6.45) is -2.44. The van der Waals surface area contributed by atoms with Crippen LogP contribution in [0.15, 0.2) is 18.2 Å². The van der Waals surface area contributed by atoms with E-state index in [1.165, 1.54) is 12.8 Å². The van der Waals surface area contributed by atoms with Crippen molar-refractivity contribution in [2.24, 2.45) is 0 Å². The Hall–Kier alpha value is -1.14. The predicted octanol–water partition coefficient (Wildman–Crippen LogP) is 2.72. The van der Waals surface area contributed by atoms with Crippen LogP contribution in [0.2, 0.25) is 0 Å². The van der Waals surface area contributed by atoms with Crippen LogP contribution in [0.3, 0.4) is 0 Å². The highest BCUT2D eigenvalue weighted by Crippen LogP contribution is 2.20. The fourth-order valence-electron chi connectivity index (χ4n) is 1.93. The van der Waals surface area contributed by atoms with Crippen molar-refractivity contribution in [3.05, 3.63) is 29.6 Å². The van der Waals surface area contributed by atoms with Crippen LogP contribution in [0, 0.1) is 0 Å².